The van der Waals surface area contributed by atoms with Crippen molar-refractivity contribution in [3.63, 3.8) is 0 Å². The lowest BCUT2D eigenvalue weighted by Gasteiger charge is -2.21. The molecule has 0 radical (unpaired) electrons. The summed E-state index contributed by atoms with van der Waals surface area (Å²) in [5, 5.41) is 3.06. The van der Waals surface area contributed by atoms with E-state index in [2.05, 4.69) is 5.32 Å². The Bertz CT molecular complexity index is 667. The minimum Gasteiger partial charge on any atom is -0.497 e. The molecule has 4 heteroatoms. The van der Waals surface area contributed by atoms with Gasteiger partial charge in [-0.25, -0.2) is 0 Å². The molecule has 0 bridgehead atoms. The first kappa shape index (κ1) is 17.9. The minimum absolute atomic E-state index is 0.0497. The second-order valence-electron chi connectivity index (χ2n) is 5.77. The van der Waals surface area contributed by atoms with Gasteiger partial charge in [-0.1, -0.05) is 37.3 Å². The lowest BCUT2D eigenvalue weighted by Crippen LogP contribution is -2.38. The van der Waals surface area contributed by atoms with Crippen molar-refractivity contribution in [2.24, 2.45) is 0 Å². The van der Waals surface area contributed by atoms with Gasteiger partial charge in [0.25, 0.3) is 5.91 Å². The largest absolute Gasteiger partial charge is 0.497 e. The normalized spacial score (nSPS) is 13.0. The zero-order valence-corrected chi connectivity index (χ0v) is 14.7. The van der Waals surface area contributed by atoms with Gasteiger partial charge in [-0.05, 0) is 49.6 Å². The van der Waals surface area contributed by atoms with Gasteiger partial charge in [0.2, 0.25) is 0 Å². The number of carbonyl (C=O) groups excluding carboxylic acids is 1. The number of carbonyl (C=O) groups is 1. The van der Waals surface area contributed by atoms with E-state index in [1.165, 1.54) is 0 Å². The van der Waals surface area contributed by atoms with E-state index in [9.17, 15) is 4.79 Å². The smallest absolute Gasteiger partial charge is 0.261 e. The molecular weight excluding hydrogens is 302 g/mol. The molecular formula is C20H25NO3. The number of rotatable bonds is 7. The Hall–Kier alpha value is -2.49. The Morgan fingerprint density at radius 3 is 2.38 bits per heavy atom. The van der Waals surface area contributed by atoms with Crippen LogP contribution in [0.5, 0.6) is 11.5 Å². The van der Waals surface area contributed by atoms with Crippen LogP contribution in [0.15, 0.2) is 48.5 Å². The highest BCUT2D eigenvalue weighted by Crippen LogP contribution is 2.21. The number of amides is 1. The molecule has 0 unspecified atom stereocenters. The summed E-state index contributed by atoms with van der Waals surface area (Å²) in [6.45, 7) is 5.77. The van der Waals surface area contributed by atoms with Crippen LogP contribution in [0.3, 0.4) is 0 Å². The second kappa shape index (κ2) is 8.39. The number of methoxy groups -OCH3 is 1. The number of aryl methyl sites for hydroxylation is 1. The molecule has 0 saturated heterocycles. The summed E-state index contributed by atoms with van der Waals surface area (Å²) in [7, 11) is 1.64. The number of hydrogen-bond donors (Lipinski definition) is 1. The maximum Gasteiger partial charge on any atom is 0.261 e. The van der Waals surface area contributed by atoms with E-state index < -0.39 is 6.10 Å². The molecule has 1 amide bonds. The van der Waals surface area contributed by atoms with Gasteiger partial charge in [-0.3, -0.25) is 4.79 Å². The van der Waals surface area contributed by atoms with Crippen LogP contribution in [0.1, 0.15) is 37.4 Å². The van der Waals surface area contributed by atoms with E-state index in [1.807, 2.05) is 62.4 Å². The number of hydrogen-bond acceptors (Lipinski definition) is 3. The van der Waals surface area contributed by atoms with Gasteiger partial charge in [-0.15, -0.1) is 0 Å². The van der Waals surface area contributed by atoms with Crippen LogP contribution in [0.2, 0.25) is 0 Å². The summed E-state index contributed by atoms with van der Waals surface area (Å²) in [5.41, 5.74) is 2.06. The highest BCUT2D eigenvalue weighted by molar-refractivity contribution is 5.81. The molecule has 0 aromatic heterocycles. The Balaban J connectivity index is 2.01. The van der Waals surface area contributed by atoms with Crippen molar-refractivity contribution in [1.82, 2.24) is 5.32 Å². The zero-order valence-electron chi connectivity index (χ0n) is 14.7. The third-order valence-electron chi connectivity index (χ3n) is 4.01. The zero-order chi connectivity index (χ0) is 17.5. The van der Waals surface area contributed by atoms with Gasteiger partial charge in [-0.2, -0.15) is 0 Å². The lowest BCUT2D eigenvalue weighted by atomic mass is 10.0. The highest BCUT2D eigenvalue weighted by atomic mass is 16.5. The topological polar surface area (TPSA) is 47.6 Å². The van der Waals surface area contributed by atoms with Crippen LogP contribution < -0.4 is 14.8 Å². The van der Waals surface area contributed by atoms with Crippen LogP contribution in [-0.2, 0) is 4.79 Å². The molecule has 0 saturated carbocycles. The van der Waals surface area contributed by atoms with E-state index in [-0.39, 0.29) is 11.9 Å². The number of benzene rings is 2. The molecule has 0 aliphatic carbocycles. The molecule has 2 aromatic carbocycles. The Morgan fingerprint density at radius 1 is 1.12 bits per heavy atom. The lowest BCUT2D eigenvalue weighted by molar-refractivity contribution is -0.128. The van der Waals surface area contributed by atoms with E-state index in [1.54, 1.807) is 14.0 Å². The van der Waals surface area contributed by atoms with Gasteiger partial charge in [0.05, 0.1) is 13.2 Å². The van der Waals surface area contributed by atoms with Crippen LogP contribution in [0.4, 0.5) is 0 Å². The molecule has 0 fully saturated rings. The number of ether oxygens (including phenoxy) is 2. The summed E-state index contributed by atoms with van der Waals surface area (Å²) >= 11 is 0. The van der Waals surface area contributed by atoms with Crippen molar-refractivity contribution in [1.29, 1.82) is 0 Å². The monoisotopic (exact) mass is 327 g/mol. The van der Waals surface area contributed by atoms with Crippen molar-refractivity contribution >= 4 is 5.91 Å². The van der Waals surface area contributed by atoms with Crippen molar-refractivity contribution < 1.29 is 14.3 Å². The Kier molecular flexibility index (Phi) is 6.24. The quantitative estimate of drug-likeness (QED) is 0.835. The fraction of sp³-hybridized carbons (Fsp3) is 0.350. The number of nitrogens with one attached hydrogen (secondary N) is 1. The van der Waals surface area contributed by atoms with Crippen LogP contribution >= 0.6 is 0 Å². The molecule has 2 rings (SSSR count). The van der Waals surface area contributed by atoms with Crippen molar-refractivity contribution in [2.75, 3.05) is 7.11 Å². The van der Waals surface area contributed by atoms with Gasteiger partial charge in [0.1, 0.15) is 11.5 Å². The third-order valence-corrected chi connectivity index (χ3v) is 4.01. The van der Waals surface area contributed by atoms with E-state index >= 15 is 0 Å². The summed E-state index contributed by atoms with van der Waals surface area (Å²) in [4.78, 5) is 12.5. The predicted octanol–water partition coefficient (Wildman–Crippen LogP) is 4.04. The second-order valence-corrected chi connectivity index (χ2v) is 5.77. The van der Waals surface area contributed by atoms with Crippen molar-refractivity contribution in [3.05, 3.63) is 59.7 Å². The average Bonchev–Trinajstić information content (AvgIpc) is 2.61. The van der Waals surface area contributed by atoms with Crippen LogP contribution in [0, 0.1) is 6.92 Å². The molecule has 0 spiro atoms. The first-order valence-electron chi connectivity index (χ1n) is 8.21. The Morgan fingerprint density at radius 2 is 1.79 bits per heavy atom. The third kappa shape index (κ3) is 4.51. The molecule has 0 aliphatic heterocycles. The van der Waals surface area contributed by atoms with Gasteiger partial charge < -0.3 is 14.8 Å². The van der Waals surface area contributed by atoms with Crippen LogP contribution in [-0.4, -0.2) is 19.1 Å². The molecule has 0 aliphatic rings. The Labute approximate surface area is 143 Å². The summed E-state index contributed by atoms with van der Waals surface area (Å²) in [6.07, 6.45) is 0.244. The highest BCUT2D eigenvalue weighted by Gasteiger charge is 2.19. The summed E-state index contributed by atoms with van der Waals surface area (Å²) < 4.78 is 11.0. The average molecular weight is 327 g/mol. The first-order chi connectivity index (χ1) is 11.5. The maximum absolute atomic E-state index is 12.5. The van der Waals surface area contributed by atoms with Crippen molar-refractivity contribution in [3.8, 4) is 11.5 Å². The van der Waals surface area contributed by atoms with Gasteiger partial charge in [0, 0.05) is 0 Å². The molecule has 2 aromatic rings. The fourth-order valence-corrected chi connectivity index (χ4v) is 2.48. The molecule has 1 N–H and O–H groups in total. The summed E-state index contributed by atoms with van der Waals surface area (Å²) in [6, 6.07) is 15.4. The van der Waals surface area contributed by atoms with Gasteiger partial charge >= 0.3 is 0 Å². The standard InChI is InChI=1S/C20H25NO3/c1-5-18(16-10-12-17(23-4)13-11-16)21-20(22)15(3)24-19-9-7-6-8-14(19)2/h6-13,15,18H,5H2,1-4H3,(H,21,22)/t15-,18-/m0/s1. The summed E-state index contributed by atoms with van der Waals surface area (Å²) in [5.74, 6) is 1.41. The molecule has 4 nitrogen and oxygen atoms in total. The maximum atomic E-state index is 12.5. The van der Waals surface area contributed by atoms with Crippen LogP contribution in [0.25, 0.3) is 0 Å². The van der Waals surface area contributed by atoms with E-state index in [0.717, 1.165) is 29.0 Å². The first-order valence-corrected chi connectivity index (χ1v) is 8.21. The van der Waals surface area contributed by atoms with Crippen molar-refractivity contribution in [2.45, 2.75) is 39.3 Å². The molecule has 24 heavy (non-hydrogen) atoms. The van der Waals surface area contributed by atoms with E-state index in [4.69, 9.17) is 9.47 Å². The molecule has 0 heterocycles. The minimum atomic E-state index is -0.557. The fourth-order valence-electron chi connectivity index (χ4n) is 2.48. The van der Waals surface area contributed by atoms with E-state index in [0.29, 0.717) is 0 Å². The predicted molar refractivity (Wildman–Crippen MR) is 95.4 cm³/mol. The van der Waals surface area contributed by atoms with Gasteiger partial charge in [0.15, 0.2) is 6.10 Å². The SMILES string of the molecule is CC[C@H](NC(=O)[C@H](C)Oc1ccccc1C)c1ccc(OC)cc1. The molecule has 2 atom stereocenters. The number of para-hydroxylation sites is 1. The molecule has 128 valence electrons.